The molecule has 1 saturated heterocycles. The first-order chi connectivity index (χ1) is 14.7. The van der Waals surface area contributed by atoms with Crippen LogP contribution in [0.3, 0.4) is 0 Å². The maximum Gasteiger partial charge on any atom is 0.227 e. The van der Waals surface area contributed by atoms with Crippen molar-refractivity contribution in [2.24, 2.45) is 0 Å². The Labute approximate surface area is 182 Å². The zero-order valence-corrected chi connectivity index (χ0v) is 17.6. The van der Waals surface area contributed by atoms with Crippen LogP contribution in [-0.2, 0) is 17.8 Å². The standard InChI is InChI=1S/C25H25ClN2O2/c26-22-9-5-11-24(18-22)30-23-10-4-8-21(16-23)19-27-12-14-28(15-13-27)25(29)17-20-6-2-1-3-7-20/h1-11,16,18H,12-15,17,19H2. The molecule has 1 aliphatic heterocycles. The number of hydrogen-bond acceptors (Lipinski definition) is 3. The molecule has 3 aromatic rings. The van der Waals surface area contributed by atoms with Crippen molar-refractivity contribution in [3.05, 3.63) is 95.0 Å². The van der Waals surface area contributed by atoms with E-state index in [9.17, 15) is 4.79 Å². The van der Waals surface area contributed by atoms with Gasteiger partial charge in [0, 0.05) is 37.7 Å². The van der Waals surface area contributed by atoms with Crippen LogP contribution in [0.2, 0.25) is 5.02 Å². The van der Waals surface area contributed by atoms with Gasteiger partial charge in [0.05, 0.1) is 6.42 Å². The monoisotopic (exact) mass is 420 g/mol. The van der Waals surface area contributed by atoms with Crippen LogP contribution in [0.5, 0.6) is 11.5 Å². The summed E-state index contributed by atoms with van der Waals surface area (Å²) < 4.78 is 5.94. The Bertz CT molecular complexity index is 985. The maximum absolute atomic E-state index is 12.6. The van der Waals surface area contributed by atoms with Crippen molar-refractivity contribution in [3.8, 4) is 11.5 Å². The molecule has 0 atom stereocenters. The first-order valence-corrected chi connectivity index (χ1v) is 10.6. The lowest BCUT2D eigenvalue weighted by Gasteiger charge is -2.35. The van der Waals surface area contributed by atoms with Crippen LogP contribution < -0.4 is 4.74 Å². The van der Waals surface area contributed by atoms with Crippen LogP contribution in [0.15, 0.2) is 78.9 Å². The lowest BCUT2D eigenvalue weighted by molar-refractivity contribution is -0.132. The fourth-order valence-electron chi connectivity index (χ4n) is 3.67. The molecule has 0 radical (unpaired) electrons. The summed E-state index contributed by atoms with van der Waals surface area (Å²) in [4.78, 5) is 16.9. The zero-order valence-electron chi connectivity index (χ0n) is 16.8. The van der Waals surface area contributed by atoms with Crippen molar-refractivity contribution in [1.29, 1.82) is 0 Å². The highest BCUT2D eigenvalue weighted by atomic mass is 35.5. The number of piperazine rings is 1. The van der Waals surface area contributed by atoms with Gasteiger partial charge < -0.3 is 9.64 Å². The van der Waals surface area contributed by atoms with Crippen molar-refractivity contribution in [1.82, 2.24) is 9.80 Å². The second-order valence-electron chi connectivity index (χ2n) is 7.53. The molecule has 154 valence electrons. The molecule has 4 nitrogen and oxygen atoms in total. The second-order valence-corrected chi connectivity index (χ2v) is 7.96. The highest BCUT2D eigenvalue weighted by molar-refractivity contribution is 6.30. The summed E-state index contributed by atoms with van der Waals surface area (Å²) in [6.45, 7) is 4.13. The number of nitrogens with zero attached hydrogens (tertiary/aromatic N) is 2. The Balaban J connectivity index is 1.29. The van der Waals surface area contributed by atoms with Gasteiger partial charge in [-0.1, -0.05) is 60.1 Å². The lowest BCUT2D eigenvalue weighted by atomic mass is 10.1. The average molecular weight is 421 g/mol. The summed E-state index contributed by atoms with van der Waals surface area (Å²) in [5.41, 5.74) is 2.26. The Morgan fingerprint density at radius 2 is 1.47 bits per heavy atom. The van der Waals surface area contributed by atoms with E-state index in [0.29, 0.717) is 11.4 Å². The summed E-state index contributed by atoms with van der Waals surface area (Å²) in [5, 5.41) is 0.656. The number of ether oxygens (including phenoxy) is 1. The number of halogens is 1. The highest BCUT2D eigenvalue weighted by Crippen LogP contribution is 2.25. The molecule has 0 aliphatic carbocycles. The zero-order chi connectivity index (χ0) is 20.8. The van der Waals surface area contributed by atoms with Crippen molar-refractivity contribution in [2.75, 3.05) is 26.2 Å². The lowest BCUT2D eigenvalue weighted by Crippen LogP contribution is -2.48. The molecule has 1 amide bonds. The van der Waals surface area contributed by atoms with Crippen molar-refractivity contribution in [2.45, 2.75) is 13.0 Å². The number of rotatable bonds is 6. The summed E-state index contributed by atoms with van der Waals surface area (Å²) in [7, 11) is 0. The molecular formula is C25H25ClN2O2. The molecule has 0 aromatic heterocycles. The minimum Gasteiger partial charge on any atom is -0.457 e. The normalized spacial score (nSPS) is 14.5. The first-order valence-electron chi connectivity index (χ1n) is 10.2. The third-order valence-electron chi connectivity index (χ3n) is 5.26. The van der Waals surface area contributed by atoms with Crippen LogP contribution in [-0.4, -0.2) is 41.9 Å². The number of hydrogen-bond donors (Lipinski definition) is 0. The molecule has 0 bridgehead atoms. The highest BCUT2D eigenvalue weighted by Gasteiger charge is 2.21. The van der Waals surface area contributed by atoms with E-state index in [1.165, 1.54) is 5.56 Å². The first kappa shape index (κ1) is 20.5. The van der Waals surface area contributed by atoms with E-state index >= 15 is 0 Å². The molecule has 0 unspecified atom stereocenters. The van der Waals surface area contributed by atoms with Crippen LogP contribution in [0.4, 0.5) is 0 Å². The van der Waals surface area contributed by atoms with Gasteiger partial charge >= 0.3 is 0 Å². The number of amides is 1. The van der Waals surface area contributed by atoms with Crippen LogP contribution in [0.25, 0.3) is 0 Å². The molecule has 1 heterocycles. The molecular weight excluding hydrogens is 396 g/mol. The van der Waals surface area contributed by atoms with E-state index in [0.717, 1.165) is 49.8 Å². The largest absolute Gasteiger partial charge is 0.457 e. The minimum atomic E-state index is 0.206. The summed E-state index contributed by atoms with van der Waals surface area (Å²) in [6.07, 6.45) is 0.476. The summed E-state index contributed by atoms with van der Waals surface area (Å²) in [5.74, 6) is 1.73. The number of carbonyl (C=O) groups excluding carboxylic acids is 1. The van der Waals surface area contributed by atoms with Crippen LogP contribution in [0.1, 0.15) is 11.1 Å². The Morgan fingerprint density at radius 1 is 0.800 bits per heavy atom. The third kappa shape index (κ3) is 5.62. The smallest absolute Gasteiger partial charge is 0.227 e. The fraction of sp³-hybridized carbons (Fsp3) is 0.240. The van der Waals surface area contributed by atoms with Crippen LogP contribution in [0, 0.1) is 0 Å². The maximum atomic E-state index is 12.6. The van der Waals surface area contributed by atoms with E-state index in [4.69, 9.17) is 16.3 Å². The van der Waals surface area contributed by atoms with E-state index in [1.54, 1.807) is 6.07 Å². The Morgan fingerprint density at radius 3 is 2.20 bits per heavy atom. The van der Waals surface area contributed by atoms with Gasteiger partial charge in [0.2, 0.25) is 5.91 Å². The SMILES string of the molecule is O=C(Cc1ccccc1)N1CCN(Cc2cccc(Oc3cccc(Cl)c3)c2)CC1. The molecule has 0 N–H and O–H groups in total. The van der Waals surface area contributed by atoms with Crippen LogP contribution >= 0.6 is 11.6 Å². The molecule has 3 aromatic carbocycles. The topological polar surface area (TPSA) is 32.8 Å². The predicted molar refractivity (Wildman–Crippen MR) is 120 cm³/mol. The number of carbonyl (C=O) groups is 1. The molecule has 5 heteroatoms. The Hall–Kier alpha value is -2.82. The molecule has 30 heavy (non-hydrogen) atoms. The number of benzene rings is 3. The average Bonchev–Trinajstić information content (AvgIpc) is 2.75. The van der Waals surface area contributed by atoms with Gasteiger partial charge in [0.15, 0.2) is 0 Å². The van der Waals surface area contributed by atoms with Gasteiger partial charge in [-0.3, -0.25) is 9.69 Å². The third-order valence-corrected chi connectivity index (χ3v) is 5.49. The summed E-state index contributed by atoms with van der Waals surface area (Å²) in [6, 6.07) is 25.5. The van der Waals surface area contributed by atoms with Gasteiger partial charge in [0.25, 0.3) is 0 Å². The van der Waals surface area contributed by atoms with Gasteiger partial charge in [-0.2, -0.15) is 0 Å². The van der Waals surface area contributed by atoms with E-state index in [-0.39, 0.29) is 5.91 Å². The molecule has 1 aliphatic rings. The quantitative estimate of drug-likeness (QED) is 0.561. The van der Waals surface area contributed by atoms with Crippen molar-refractivity contribution in [3.63, 3.8) is 0 Å². The summed E-state index contributed by atoms with van der Waals surface area (Å²) >= 11 is 6.04. The molecule has 1 fully saturated rings. The molecule has 0 saturated carbocycles. The predicted octanol–water partition coefficient (Wildman–Crippen LogP) is 5.02. The molecule has 4 rings (SSSR count). The van der Waals surface area contributed by atoms with Crippen molar-refractivity contribution < 1.29 is 9.53 Å². The van der Waals surface area contributed by atoms with Gasteiger partial charge in [-0.05, 0) is 41.5 Å². The second kappa shape index (κ2) is 9.79. The van der Waals surface area contributed by atoms with Crippen molar-refractivity contribution >= 4 is 17.5 Å². The fourth-order valence-corrected chi connectivity index (χ4v) is 3.85. The van der Waals surface area contributed by atoms with E-state index in [1.807, 2.05) is 65.6 Å². The van der Waals surface area contributed by atoms with Gasteiger partial charge in [-0.25, -0.2) is 0 Å². The van der Waals surface area contributed by atoms with E-state index in [2.05, 4.69) is 17.0 Å². The van der Waals surface area contributed by atoms with Gasteiger partial charge in [0.1, 0.15) is 11.5 Å². The van der Waals surface area contributed by atoms with Gasteiger partial charge in [-0.15, -0.1) is 0 Å². The van der Waals surface area contributed by atoms with E-state index < -0.39 is 0 Å². The minimum absolute atomic E-state index is 0.206. The molecule has 0 spiro atoms. The Kier molecular flexibility index (Phi) is 6.67.